The number of hydrogen-bond donors (Lipinski definition) is 1. The quantitative estimate of drug-likeness (QED) is 0.750. The summed E-state index contributed by atoms with van der Waals surface area (Å²) in [6.07, 6.45) is 8.86. The Morgan fingerprint density at radius 3 is 1.70 bits per heavy atom. The van der Waals surface area contributed by atoms with Crippen molar-refractivity contribution in [3.8, 4) is 0 Å². The maximum Gasteiger partial charge on any atom is 0.221 e. The van der Waals surface area contributed by atoms with Crippen LogP contribution in [-0.4, -0.2) is 5.91 Å². The van der Waals surface area contributed by atoms with E-state index in [1.807, 2.05) is 12.1 Å². The van der Waals surface area contributed by atoms with Crippen LogP contribution in [0.2, 0.25) is 0 Å². The first-order valence-corrected chi connectivity index (χ1v) is 10.6. The summed E-state index contributed by atoms with van der Waals surface area (Å²) in [6.45, 7) is 0. The Hall–Kier alpha value is -2.09. The predicted molar refractivity (Wildman–Crippen MR) is 108 cm³/mol. The molecular formula is C25H29NO. The van der Waals surface area contributed by atoms with Crippen molar-refractivity contribution in [1.29, 1.82) is 0 Å². The molecule has 140 valence electrons. The summed E-state index contributed by atoms with van der Waals surface area (Å²) < 4.78 is 0. The van der Waals surface area contributed by atoms with Gasteiger partial charge in [-0.25, -0.2) is 0 Å². The van der Waals surface area contributed by atoms with E-state index in [-0.39, 0.29) is 17.4 Å². The highest BCUT2D eigenvalue weighted by Gasteiger charge is 2.51. The minimum Gasteiger partial charge on any atom is -0.345 e. The number of carbonyl (C=O) groups excluding carboxylic acids is 1. The third-order valence-electron chi connectivity index (χ3n) is 7.27. The van der Waals surface area contributed by atoms with Gasteiger partial charge in [0.1, 0.15) is 0 Å². The first-order chi connectivity index (χ1) is 13.2. The van der Waals surface area contributed by atoms with E-state index in [4.69, 9.17) is 0 Å². The number of hydrogen-bond acceptors (Lipinski definition) is 1. The van der Waals surface area contributed by atoms with Crippen molar-refractivity contribution in [1.82, 2.24) is 5.32 Å². The van der Waals surface area contributed by atoms with Crippen LogP contribution in [0.4, 0.5) is 0 Å². The molecule has 27 heavy (non-hydrogen) atoms. The average Bonchev–Trinajstić information content (AvgIpc) is 2.66. The number of nitrogens with one attached hydrogen (secondary N) is 1. The van der Waals surface area contributed by atoms with Crippen LogP contribution in [0.25, 0.3) is 0 Å². The maximum atomic E-state index is 13.2. The van der Waals surface area contributed by atoms with Gasteiger partial charge in [0.2, 0.25) is 5.91 Å². The fraction of sp³-hybridized carbons (Fsp3) is 0.480. The zero-order valence-corrected chi connectivity index (χ0v) is 15.9. The minimum atomic E-state index is -0.0613. The Bertz CT molecular complexity index is 723. The number of rotatable bonds is 5. The number of amides is 1. The van der Waals surface area contributed by atoms with E-state index in [0.29, 0.717) is 6.42 Å². The van der Waals surface area contributed by atoms with Crippen molar-refractivity contribution < 1.29 is 4.79 Å². The van der Waals surface area contributed by atoms with Crippen molar-refractivity contribution in [3.05, 3.63) is 71.8 Å². The van der Waals surface area contributed by atoms with E-state index in [0.717, 1.165) is 28.9 Å². The van der Waals surface area contributed by atoms with Gasteiger partial charge in [-0.3, -0.25) is 4.79 Å². The van der Waals surface area contributed by atoms with Gasteiger partial charge >= 0.3 is 0 Å². The van der Waals surface area contributed by atoms with E-state index >= 15 is 0 Å². The molecular weight excluding hydrogens is 330 g/mol. The van der Waals surface area contributed by atoms with Crippen LogP contribution in [-0.2, 0) is 4.79 Å². The zero-order valence-electron chi connectivity index (χ0n) is 15.9. The molecule has 1 N–H and O–H groups in total. The maximum absolute atomic E-state index is 13.2. The molecule has 0 aromatic heterocycles. The second-order valence-corrected chi connectivity index (χ2v) is 9.42. The molecule has 6 rings (SSSR count). The molecule has 2 nitrogen and oxygen atoms in total. The van der Waals surface area contributed by atoms with E-state index in [2.05, 4.69) is 53.8 Å². The molecule has 2 heteroatoms. The van der Waals surface area contributed by atoms with E-state index in [1.54, 1.807) is 0 Å². The lowest BCUT2D eigenvalue weighted by atomic mass is 9.49. The minimum absolute atomic E-state index is 0.0613. The number of carbonyl (C=O) groups is 1. The monoisotopic (exact) mass is 359 g/mol. The summed E-state index contributed by atoms with van der Waals surface area (Å²) >= 11 is 0. The summed E-state index contributed by atoms with van der Waals surface area (Å²) in [6, 6.07) is 20.7. The van der Waals surface area contributed by atoms with E-state index in [9.17, 15) is 4.79 Å². The zero-order chi connectivity index (χ0) is 18.3. The van der Waals surface area contributed by atoms with Gasteiger partial charge in [-0.1, -0.05) is 60.7 Å². The molecule has 0 aliphatic heterocycles. The molecule has 0 heterocycles. The molecule has 4 aliphatic carbocycles. The molecule has 2 aromatic carbocycles. The standard InChI is InChI=1S/C25H29NO/c27-23(17-25-14-18-11-19(15-25)13-20(12-18)16-25)26-24(21-7-3-1-4-8-21)22-9-5-2-6-10-22/h1-10,18-20,24H,11-17H2,(H,26,27). The molecule has 4 bridgehead atoms. The Morgan fingerprint density at radius 1 is 0.815 bits per heavy atom. The Morgan fingerprint density at radius 2 is 1.26 bits per heavy atom. The summed E-state index contributed by atoms with van der Waals surface area (Å²) in [5, 5.41) is 3.39. The van der Waals surface area contributed by atoms with Gasteiger partial charge in [-0.2, -0.15) is 0 Å². The molecule has 0 saturated heterocycles. The Balaban J connectivity index is 1.35. The van der Waals surface area contributed by atoms with Crippen LogP contribution in [0.3, 0.4) is 0 Å². The van der Waals surface area contributed by atoms with Crippen LogP contribution in [0.15, 0.2) is 60.7 Å². The van der Waals surface area contributed by atoms with E-state index < -0.39 is 0 Å². The fourth-order valence-corrected chi connectivity index (χ4v) is 6.71. The number of benzene rings is 2. The normalized spacial score (nSPS) is 31.2. The van der Waals surface area contributed by atoms with Crippen molar-refractivity contribution >= 4 is 5.91 Å². The molecule has 0 atom stereocenters. The van der Waals surface area contributed by atoms with Crippen LogP contribution in [0.5, 0.6) is 0 Å². The highest BCUT2D eigenvalue weighted by atomic mass is 16.1. The summed E-state index contributed by atoms with van der Waals surface area (Å²) in [7, 11) is 0. The second kappa shape index (κ2) is 6.82. The Kier molecular flexibility index (Phi) is 4.30. The van der Waals surface area contributed by atoms with Gasteiger partial charge in [-0.05, 0) is 72.8 Å². The lowest BCUT2D eigenvalue weighted by Gasteiger charge is -2.56. The molecule has 0 spiro atoms. The van der Waals surface area contributed by atoms with E-state index in [1.165, 1.54) is 38.5 Å². The molecule has 1 amide bonds. The summed E-state index contributed by atoms with van der Waals surface area (Å²) in [5.41, 5.74) is 2.60. The highest BCUT2D eigenvalue weighted by molar-refractivity contribution is 5.78. The van der Waals surface area contributed by atoms with Gasteiger partial charge in [0.05, 0.1) is 6.04 Å². The molecule has 4 fully saturated rings. The fourth-order valence-electron chi connectivity index (χ4n) is 6.71. The molecule has 0 radical (unpaired) electrons. The molecule has 4 saturated carbocycles. The first-order valence-electron chi connectivity index (χ1n) is 10.6. The lowest BCUT2D eigenvalue weighted by Crippen LogP contribution is -2.48. The third kappa shape index (κ3) is 3.42. The SMILES string of the molecule is O=C(CC12CC3CC(CC(C3)C1)C2)NC(c1ccccc1)c1ccccc1. The van der Waals surface area contributed by atoms with Crippen molar-refractivity contribution in [2.75, 3.05) is 0 Å². The van der Waals surface area contributed by atoms with Crippen molar-refractivity contribution in [2.45, 2.75) is 51.0 Å². The summed E-state index contributed by atoms with van der Waals surface area (Å²) in [4.78, 5) is 13.2. The van der Waals surface area contributed by atoms with Gasteiger partial charge in [0, 0.05) is 6.42 Å². The smallest absolute Gasteiger partial charge is 0.221 e. The highest BCUT2D eigenvalue weighted by Crippen LogP contribution is 2.61. The van der Waals surface area contributed by atoms with Crippen molar-refractivity contribution in [2.24, 2.45) is 23.2 Å². The first kappa shape index (κ1) is 17.0. The van der Waals surface area contributed by atoms with Crippen molar-refractivity contribution in [3.63, 3.8) is 0 Å². The predicted octanol–water partition coefficient (Wildman–Crippen LogP) is 5.50. The molecule has 2 aromatic rings. The third-order valence-corrected chi connectivity index (χ3v) is 7.27. The van der Waals surface area contributed by atoms with Gasteiger partial charge in [0.15, 0.2) is 0 Å². The van der Waals surface area contributed by atoms with Gasteiger partial charge in [0.25, 0.3) is 0 Å². The van der Waals surface area contributed by atoms with Crippen LogP contribution < -0.4 is 5.32 Å². The topological polar surface area (TPSA) is 29.1 Å². The van der Waals surface area contributed by atoms with Crippen LogP contribution in [0, 0.1) is 23.2 Å². The van der Waals surface area contributed by atoms with Crippen LogP contribution in [0.1, 0.15) is 62.1 Å². The average molecular weight is 360 g/mol. The largest absolute Gasteiger partial charge is 0.345 e. The lowest BCUT2D eigenvalue weighted by molar-refractivity contribution is -0.129. The Labute approximate surface area is 162 Å². The van der Waals surface area contributed by atoms with Gasteiger partial charge < -0.3 is 5.32 Å². The molecule has 4 aliphatic rings. The van der Waals surface area contributed by atoms with Crippen LogP contribution >= 0.6 is 0 Å². The molecule has 0 unspecified atom stereocenters. The second-order valence-electron chi connectivity index (χ2n) is 9.42. The van der Waals surface area contributed by atoms with Gasteiger partial charge in [-0.15, -0.1) is 0 Å². The summed E-state index contributed by atoms with van der Waals surface area (Å²) in [5.74, 6) is 2.91.